The van der Waals surface area contributed by atoms with Crippen LogP contribution in [0.15, 0.2) is 115 Å². The molecular weight excluding hydrogens is 596 g/mol. The zero-order chi connectivity index (χ0) is 33.7. The molecule has 0 aromatic heterocycles. The standard InChI is InChI=1S/C43H48O5/c1-28-24-36-35-21-20-33-26-34(44)22-23-41(33,3)39(35)37(45)27-42(36,4)40(28)47-38(46)25-29(2)48-43(30-14-8-5-9-15-30,31-16-10-6-11-17-31)32-18-12-7-13-19-32/h5-19,22-23,26,28-29,35-37,39-40,45H,20-21,24-25,27H2,1-4H3/t28?,29-,35?,36?,37?,39?,40?,41?,42?/m0/s1. The van der Waals surface area contributed by atoms with Gasteiger partial charge in [-0.15, -0.1) is 0 Å². The Balaban J connectivity index is 1.12. The maximum atomic E-state index is 13.9. The second-order valence-electron chi connectivity index (χ2n) is 15.3. The van der Waals surface area contributed by atoms with Crippen LogP contribution in [-0.2, 0) is 24.7 Å². The average molecular weight is 645 g/mol. The summed E-state index contributed by atoms with van der Waals surface area (Å²) in [6.45, 7) is 8.58. The molecule has 0 aliphatic heterocycles. The molecule has 4 aliphatic rings. The SMILES string of the molecule is CC1CC2C3CCC4=CC(=O)C=CC4(C)C3C(O)CC2(C)C1OC(=O)C[C@H](C)OC(c1ccccc1)(c1ccccc1)c1ccccc1. The summed E-state index contributed by atoms with van der Waals surface area (Å²) in [6.07, 6.45) is 7.71. The molecule has 5 heteroatoms. The highest BCUT2D eigenvalue weighted by Crippen LogP contribution is 2.66. The fourth-order valence-electron chi connectivity index (χ4n) is 10.4. The molecule has 5 nitrogen and oxygen atoms in total. The van der Waals surface area contributed by atoms with Crippen LogP contribution >= 0.6 is 0 Å². The molecule has 8 unspecified atom stereocenters. The van der Waals surface area contributed by atoms with Crippen molar-refractivity contribution in [1.29, 1.82) is 0 Å². The van der Waals surface area contributed by atoms with Gasteiger partial charge in [-0.3, -0.25) is 9.59 Å². The number of rotatable bonds is 8. The van der Waals surface area contributed by atoms with Crippen molar-refractivity contribution in [2.24, 2.45) is 34.5 Å². The summed E-state index contributed by atoms with van der Waals surface area (Å²) in [5, 5.41) is 11.8. The lowest BCUT2D eigenvalue weighted by molar-refractivity contribution is -0.174. The van der Waals surface area contributed by atoms with Crippen LogP contribution in [0.3, 0.4) is 0 Å². The van der Waals surface area contributed by atoms with E-state index in [4.69, 9.17) is 9.47 Å². The van der Waals surface area contributed by atoms with E-state index < -0.39 is 17.8 Å². The first kappa shape index (κ1) is 32.7. The number of carbonyl (C=O) groups excluding carboxylic acids is 2. The van der Waals surface area contributed by atoms with Crippen LogP contribution in [0.2, 0.25) is 0 Å². The Hall–Kier alpha value is -3.80. The number of hydrogen-bond donors (Lipinski definition) is 1. The van der Waals surface area contributed by atoms with Gasteiger partial charge in [0.05, 0.1) is 18.6 Å². The lowest BCUT2D eigenvalue weighted by atomic mass is 9.47. The Kier molecular flexibility index (Phi) is 8.58. The molecule has 0 saturated heterocycles. The minimum absolute atomic E-state index is 0.0456. The molecule has 3 aromatic carbocycles. The van der Waals surface area contributed by atoms with Crippen molar-refractivity contribution < 1.29 is 24.2 Å². The highest BCUT2D eigenvalue weighted by Gasteiger charge is 2.64. The third-order valence-corrected chi connectivity index (χ3v) is 12.4. The smallest absolute Gasteiger partial charge is 0.308 e. The zero-order valence-electron chi connectivity index (χ0n) is 28.5. The Bertz CT molecular complexity index is 1600. The fraction of sp³-hybridized carbons (Fsp3) is 0.442. The first-order chi connectivity index (χ1) is 23.1. The zero-order valence-corrected chi connectivity index (χ0v) is 28.5. The predicted octanol–water partition coefficient (Wildman–Crippen LogP) is 8.21. The van der Waals surface area contributed by atoms with E-state index in [-0.39, 0.29) is 46.9 Å². The van der Waals surface area contributed by atoms with Crippen molar-refractivity contribution in [2.75, 3.05) is 0 Å². The third-order valence-electron chi connectivity index (χ3n) is 12.4. The molecule has 48 heavy (non-hydrogen) atoms. The topological polar surface area (TPSA) is 72.8 Å². The number of aliphatic hydroxyl groups is 1. The molecule has 0 heterocycles. The molecule has 0 spiro atoms. The van der Waals surface area contributed by atoms with Crippen LogP contribution in [0.1, 0.15) is 76.5 Å². The van der Waals surface area contributed by atoms with Gasteiger partial charge in [0.1, 0.15) is 11.7 Å². The number of ketones is 1. The number of benzene rings is 3. The highest BCUT2D eigenvalue weighted by atomic mass is 16.6. The predicted molar refractivity (Wildman–Crippen MR) is 187 cm³/mol. The molecule has 3 aromatic rings. The number of allylic oxidation sites excluding steroid dienone is 4. The van der Waals surface area contributed by atoms with Gasteiger partial charge < -0.3 is 14.6 Å². The molecule has 0 bridgehead atoms. The van der Waals surface area contributed by atoms with Crippen LogP contribution in [0.4, 0.5) is 0 Å². The summed E-state index contributed by atoms with van der Waals surface area (Å²) < 4.78 is 13.5. The van der Waals surface area contributed by atoms with E-state index in [2.05, 4.69) is 57.2 Å². The number of carbonyl (C=O) groups is 2. The number of hydrogen-bond acceptors (Lipinski definition) is 5. The maximum absolute atomic E-state index is 13.9. The van der Waals surface area contributed by atoms with E-state index >= 15 is 0 Å². The van der Waals surface area contributed by atoms with Crippen LogP contribution in [-0.4, -0.2) is 35.2 Å². The fourth-order valence-corrected chi connectivity index (χ4v) is 10.4. The first-order valence-electron chi connectivity index (χ1n) is 17.7. The quantitative estimate of drug-likeness (QED) is 0.198. The number of fused-ring (bicyclic) bond motifs is 5. The summed E-state index contributed by atoms with van der Waals surface area (Å²) in [7, 11) is 0. The second kappa shape index (κ2) is 12.6. The van der Waals surface area contributed by atoms with Crippen molar-refractivity contribution in [3.05, 3.63) is 131 Å². The number of ether oxygens (including phenoxy) is 2. The normalized spacial score (nSPS) is 33.2. The van der Waals surface area contributed by atoms with E-state index in [0.717, 1.165) is 41.5 Å². The van der Waals surface area contributed by atoms with E-state index in [1.54, 1.807) is 12.2 Å². The van der Waals surface area contributed by atoms with Crippen molar-refractivity contribution in [3.8, 4) is 0 Å². The monoisotopic (exact) mass is 644 g/mol. The molecule has 3 saturated carbocycles. The van der Waals surface area contributed by atoms with Crippen molar-refractivity contribution in [1.82, 2.24) is 0 Å². The van der Waals surface area contributed by atoms with Gasteiger partial charge in [-0.25, -0.2) is 0 Å². The minimum Gasteiger partial charge on any atom is -0.461 e. The molecule has 7 rings (SSSR count). The van der Waals surface area contributed by atoms with Gasteiger partial charge in [0.15, 0.2) is 5.78 Å². The Morgan fingerprint density at radius 1 is 0.938 bits per heavy atom. The summed E-state index contributed by atoms with van der Waals surface area (Å²) >= 11 is 0. The summed E-state index contributed by atoms with van der Waals surface area (Å²) in [5.41, 5.74) is 2.56. The minimum atomic E-state index is -0.924. The van der Waals surface area contributed by atoms with Gasteiger partial charge in [0.25, 0.3) is 0 Å². The van der Waals surface area contributed by atoms with Crippen LogP contribution in [0.5, 0.6) is 0 Å². The maximum Gasteiger partial charge on any atom is 0.308 e. The van der Waals surface area contributed by atoms with Crippen molar-refractivity contribution >= 4 is 11.8 Å². The molecular formula is C43H48O5. The van der Waals surface area contributed by atoms with Crippen LogP contribution in [0.25, 0.3) is 0 Å². The number of aliphatic hydroxyl groups excluding tert-OH is 1. The van der Waals surface area contributed by atoms with Gasteiger partial charge >= 0.3 is 5.97 Å². The summed E-state index contributed by atoms with van der Waals surface area (Å²) in [4.78, 5) is 26.1. The van der Waals surface area contributed by atoms with Gasteiger partial charge in [-0.1, -0.05) is 123 Å². The van der Waals surface area contributed by atoms with E-state index in [0.29, 0.717) is 18.3 Å². The van der Waals surface area contributed by atoms with Gasteiger partial charge in [0.2, 0.25) is 0 Å². The molecule has 0 radical (unpaired) electrons. The molecule has 3 fully saturated rings. The molecule has 0 amide bonds. The van der Waals surface area contributed by atoms with Crippen LogP contribution < -0.4 is 0 Å². The van der Waals surface area contributed by atoms with Crippen molar-refractivity contribution in [3.63, 3.8) is 0 Å². The molecule has 1 N–H and O–H groups in total. The second-order valence-corrected chi connectivity index (χ2v) is 15.3. The number of esters is 1. The van der Waals surface area contributed by atoms with Crippen molar-refractivity contribution in [2.45, 2.75) is 83.7 Å². The summed E-state index contributed by atoms with van der Waals surface area (Å²) in [6, 6.07) is 30.6. The Morgan fingerprint density at radius 2 is 1.50 bits per heavy atom. The summed E-state index contributed by atoms with van der Waals surface area (Å²) in [5.74, 6) is 0.641. The highest BCUT2D eigenvalue weighted by molar-refractivity contribution is 6.01. The van der Waals surface area contributed by atoms with E-state index in [1.807, 2.05) is 67.6 Å². The van der Waals surface area contributed by atoms with Crippen LogP contribution in [0, 0.1) is 34.5 Å². The average Bonchev–Trinajstić information content (AvgIpc) is 3.33. The Labute approximate surface area is 285 Å². The Morgan fingerprint density at radius 3 is 2.06 bits per heavy atom. The van der Waals surface area contributed by atoms with Gasteiger partial charge in [0, 0.05) is 16.7 Å². The van der Waals surface area contributed by atoms with Gasteiger partial charge in [-0.2, -0.15) is 0 Å². The third kappa shape index (κ3) is 5.40. The molecule has 250 valence electrons. The lowest BCUT2D eigenvalue weighted by Crippen LogP contribution is -2.57. The van der Waals surface area contributed by atoms with E-state index in [9.17, 15) is 14.7 Å². The molecule has 9 atom stereocenters. The molecule has 4 aliphatic carbocycles. The lowest BCUT2D eigenvalue weighted by Gasteiger charge is -2.58. The van der Waals surface area contributed by atoms with E-state index in [1.165, 1.54) is 0 Å². The van der Waals surface area contributed by atoms with Gasteiger partial charge in [-0.05, 0) is 79.2 Å². The first-order valence-corrected chi connectivity index (χ1v) is 17.7. The largest absolute Gasteiger partial charge is 0.461 e.